The molecular weight excluding hydrogens is 216 g/mol. The standard InChI is InChI=1S/C13H26N2S/c1-4-11-9-15(12(5-2)8-14-11)10-13(16-3)6-7-13/h11-12,14H,4-10H2,1-3H3. The Hall–Kier alpha value is 0.270. The van der Waals surface area contributed by atoms with Crippen LogP contribution in [-0.4, -0.2) is 47.6 Å². The van der Waals surface area contributed by atoms with Crippen LogP contribution < -0.4 is 5.32 Å². The minimum absolute atomic E-state index is 0.628. The highest BCUT2D eigenvalue weighted by atomic mass is 32.2. The maximum atomic E-state index is 3.68. The first-order chi connectivity index (χ1) is 7.73. The molecular formula is C13H26N2S. The van der Waals surface area contributed by atoms with Crippen LogP contribution in [0.5, 0.6) is 0 Å². The molecule has 2 rings (SSSR count). The lowest BCUT2D eigenvalue weighted by atomic mass is 10.0. The van der Waals surface area contributed by atoms with E-state index in [2.05, 4.69) is 42.1 Å². The molecule has 1 aliphatic heterocycles. The summed E-state index contributed by atoms with van der Waals surface area (Å²) < 4.78 is 0.628. The van der Waals surface area contributed by atoms with E-state index in [1.807, 2.05) is 0 Å². The Morgan fingerprint density at radius 2 is 2.06 bits per heavy atom. The number of piperazine rings is 1. The third kappa shape index (κ3) is 2.74. The van der Waals surface area contributed by atoms with Gasteiger partial charge < -0.3 is 5.32 Å². The molecule has 1 N–H and O–H groups in total. The molecule has 2 aliphatic rings. The average Bonchev–Trinajstić information content (AvgIpc) is 3.09. The summed E-state index contributed by atoms with van der Waals surface area (Å²) in [5.41, 5.74) is 0. The Balaban J connectivity index is 1.92. The molecule has 2 unspecified atom stereocenters. The molecule has 1 saturated carbocycles. The Kier molecular flexibility index (Phi) is 4.20. The lowest BCUT2D eigenvalue weighted by Gasteiger charge is -2.41. The fourth-order valence-corrected chi connectivity index (χ4v) is 3.54. The zero-order valence-corrected chi connectivity index (χ0v) is 11.8. The second-order valence-electron chi connectivity index (χ2n) is 5.39. The largest absolute Gasteiger partial charge is 0.311 e. The van der Waals surface area contributed by atoms with Gasteiger partial charge in [-0.3, -0.25) is 4.90 Å². The molecule has 0 spiro atoms. The third-order valence-corrected chi connectivity index (χ3v) is 5.71. The van der Waals surface area contributed by atoms with E-state index in [4.69, 9.17) is 0 Å². The van der Waals surface area contributed by atoms with E-state index in [0.29, 0.717) is 4.75 Å². The van der Waals surface area contributed by atoms with Crippen molar-refractivity contribution in [3.63, 3.8) is 0 Å². The summed E-state index contributed by atoms with van der Waals surface area (Å²) in [4.78, 5) is 2.76. The smallest absolute Gasteiger partial charge is 0.0285 e. The summed E-state index contributed by atoms with van der Waals surface area (Å²) in [7, 11) is 0. The van der Waals surface area contributed by atoms with E-state index >= 15 is 0 Å². The van der Waals surface area contributed by atoms with Gasteiger partial charge in [0.2, 0.25) is 0 Å². The van der Waals surface area contributed by atoms with Crippen molar-refractivity contribution in [1.29, 1.82) is 0 Å². The van der Waals surface area contributed by atoms with Crippen molar-refractivity contribution in [1.82, 2.24) is 10.2 Å². The Morgan fingerprint density at radius 3 is 2.56 bits per heavy atom. The summed E-state index contributed by atoms with van der Waals surface area (Å²) >= 11 is 2.09. The highest BCUT2D eigenvalue weighted by Gasteiger charge is 2.44. The number of hydrogen-bond donors (Lipinski definition) is 1. The maximum absolute atomic E-state index is 3.68. The van der Waals surface area contributed by atoms with E-state index in [1.165, 1.54) is 45.3 Å². The van der Waals surface area contributed by atoms with Gasteiger partial charge in [0.25, 0.3) is 0 Å². The predicted molar refractivity (Wildman–Crippen MR) is 73.2 cm³/mol. The van der Waals surface area contributed by atoms with Crippen LogP contribution >= 0.6 is 11.8 Å². The predicted octanol–water partition coefficient (Wildman–Crippen LogP) is 2.34. The van der Waals surface area contributed by atoms with Crippen molar-refractivity contribution >= 4 is 11.8 Å². The lowest BCUT2D eigenvalue weighted by molar-refractivity contribution is 0.123. The van der Waals surface area contributed by atoms with E-state index in [9.17, 15) is 0 Å². The Labute approximate surface area is 105 Å². The van der Waals surface area contributed by atoms with Gasteiger partial charge in [-0.2, -0.15) is 11.8 Å². The Bertz CT molecular complexity index is 228. The number of hydrogen-bond acceptors (Lipinski definition) is 3. The highest BCUT2D eigenvalue weighted by molar-refractivity contribution is 8.00. The van der Waals surface area contributed by atoms with Crippen LogP contribution in [0.4, 0.5) is 0 Å². The average molecular weight is 242 g/mol. The summed E-state index contributed by atoms with van der Waals surface area (Å²) in [5.74, 6) is 0. The maximum Gasteiger partial charge on any atom is 0.0285 e. The number of thioether (sulfide) groups is 1. The highest BCUT2D eigenvalue weighted by Crippen LogP contribution is 2.48. The van der Waals surface area contributed by atoms with Crippen LogP contribution in [0.15, 0.2) is 0 Å². The van der Waals surface area contributed by atoms with Gasteiger partial charge in [0.15, 0.2) is 0 Å². The zero-order valence-electron chi connectivity index (χ0n) is 11.0. The molecule has 2 nitrogen and oxygen atoms in total. The van der Waals surface area contributed by atoms with Crippen molar-refractivity contribution < 1.29 is 0 Å². The van der Waals surface area contributed by atoms with Crippen LogP contribution in [0.2, 0.25) is 0 Å². The molecule has 0 bridgehead atoms. The molecule has 0 amide bonds. The molecule has 2 fully saturated rings. The van der Waals surface area contributed by atoms with Crippen molar-refractivity contribution in [2.75, 3.05) is 25.9 Å². The first-order valence-corrected chi connectivity index (χ1v) is 7.98. The van der Waals surface area contributed by atoms with Crippen molar-refractivity contribution in [2.45, 2.75) is 56.4 Å². The lowest BCUT2D eigenvalue weighted by Crippen LogP contribution is -2.57. The molecule has 3 heteroatoms. The molecule has 0 radical (unpaired) electrons. The number of rotatable bonds is 5. The Morgan fingerprint density at radius 1 is 1.31 bits per heavy atom. The molecule has 2 atom stereocenters. The van der Waals surface area contributed by atoms with Gasteiger partial charge in [0.1, 0.15) is 0 Å². The van der Waals surface area contributed by atoms with Crippen molar-refractivity contribution in [3.05, 3.63) is 0 Å². The molecule has 0 aromatic rings. The van der Waals surface area contributed by atoms with Crippen LogP contribution in [-0.2, 0) is 0 Å². The number of nitrogens with zero attached hydrogens (tertiary/aromatic N) is 1. The minimum Gasteiger partial charge on any atom is -0.311 e. The SMILES string of the molecule is CCC1CN(CC2(SC)CC2)C(CC)CN1. The molecule has 0 aromatic carbocycles. The minimum atomic E-state index is 0.628. The molecule has 1 saturated heterocycles. The van der Waals surface area contributed by atoms with Gasteiger partial charge in [0, 0.05) is 36.5 Å². The fraction of sp³-hybridized carbons (Fsp3) is 1.00. The van der Waals surface area contributed by atoms with Crippen molar-refractivity contribution in [2.24, 2.45) is 0 Å². The van der Waals surface area contributed by atoms with E-state index in [0.717, 1.165) is 12.1 Å². The van der Waals surface area contributed by atoms with Crippen LogP contribution in [0, 0.1) is 0 Å². The summed E-state index contributed by atoms with van der Waals surface area (Å²) in [5, 5.41) is 3.68. The molecule has 1 heterocycles. The van der Waals surface area contributed by atoms with E-state index in [1.54, 1.807) is 0 Å². The van der Waals surface area contributed by atoms with Gasteiger partial charge in [-0.25, -0.2) is 0 Å². The van der Waals surface area contributed by atoms with E-state index < -0.39 is 0 Å². The van der Waals surface area contributed by atoms with Gasteiger partial charge >= 0.3 is 0 Å². The van der Waals surface area contributed by atoms with E-state index in [-0.39, 0.29) is 0 Å². The number of nitrogens with one attached hydrogen (secondary N) is 1. The van der Waals surface area contributed by atoms with Gasteiger partial charge in [0.05, 0.1) is 0 Å². The van der Waals surface area contributed by atoms with Gasteiger partial charge in [-0.15, -0.1) is 0 Å². The fourth-order valence-electron chi connectivity index (χ4n) is 2.73. The second-order valence-corrected chi connectivity index (χ2v) is 6.67. The first kappa shape index (κ1) is 12.7. The van der Waals surface area contributed by atoms with Crippen molar-refractivity contribution in [3.8, 4) is 0 Å². The molecule has 1 aliphatic carbocycles. The normalized spacial score (nSPS) is 33.9. The quantitative estimate of drug-likeness (QED) is 0.797. The second kappa shape index (κ2) is 5.28. The zero-order chi connectivity index (χ0) is 11.6. The summed E-state index contributed by atoms with van der Waals surface area (Å²) in [6, 6.07) is 1.49. The molecule has 0 aromatic heterocycles. The molecule has 94 valence electrons. The van der Waals surface area contributed by atoms with Crippen LogP contribution in [0.3, 0.4) is 0 Å². The van der Waals surface area contributed by atoms with Crippen LogP contribution in [0.25, 0.3) is 0 Å². The summed E-state index contributed by atoms with van der Waals surface area (Å²) in [6.07, 6.45) is 7.71. The van der Waals surface area contributed by atoms with Gasteiger partial charge in [-0.05, 0) is 31.9 Å². The topological polar surface area (TPSA) is 15.3 Å². The molecule has 16 heavy (non-hydrogen) atoms. The van der Waals surface area contributed by atoms with Crippen LogP contribution in [0.1, 0.15) is 39.5 Å². The summed E-state index contributed by atoms with van der Waals surface area (Å²) in [6.45, 7) is 8.40. The first-order valence-electron chi connectivity index (χ1n) is 6.75. The monoisotopic (exact) mass is 242 g/mol. The third-order valence-electron chi connectivity index (χ3n) is 4.31. The van der Waals surface area contributed by atoms with Gasteiger partial charge in [-0.1, -0.05) is 13.8 Å².